The zero-order valence-corrected chi connectivity index (χ0v) is 20.6. The first kappa shape index (κ1) is 25.4. The van der Waals surface area contributed by atoms with Crippen molar-refractivity contribution in [3.05, 3.63) is 33.7 Å². The molecule has 0 bridgehead atoms. The Morgan fingerprint density at radius 2 is 1.61 bits per heavy atom. The third-order valence-electron chi connectivity index (χ3n) is 6.87. The summed E-state index contributed by atoms with van der Waals surface area (Å²) in [5, 5.41) is 5.98. The molecule has 2 N–H and O–H groups in total. The summed E-state index contributed by atoms with van der Waals surface area (Å²) in [4.78, 5) is 41.6. The second kappa shape index (κ2) is 11.3. The molecule has 0 spiro atoms. The van der Waals surface area contributed by atoms with E-state index in [-0.39, 0.29) is 34.7 Å². The minimum Gasteiger partial charge on any atom is -0.379 e. The molecule has 0 radical (unpaired) electrons. The fourth-order valence-corrected chi connectivity index (χ4v) is 4.58. The number of morpholine rings is 1. The Balaban J connectivity index is 1.77. The molecule has 1 saturated carbocycles. The molecule has 2 aliphatic rings. The molecule has 1 aliphatic carbocycles. The van der Waals surface area contributed by atoms with Crippen molar-refractivity contribution in [1.29, 1.82) is 0 Å². The van der Waals surface area contributed by atoms with Gasteiger partial charge in [0.15, 0.2) is 0 Å². The van der Waals surface area contributed by atoms with Gasteiger partial charge in [0.2, 0.25) is 5.43 Å². The molecular formula is C25H40N4O4. The summed E-state index contributed by atoms with van der Waals surface area (Å²) in [6, 6.07) is 0.0880. The fraction of sp³-hybridized carbons (Fsp3) is 0.720. The highest BCUT2D eigenvalue weighted by Crippen LogP contribution is 2.18. The van der Waals surface area contributed by atoms with Gasteiger partial charge in [0, 0.05) is 49.7 Å². The third-order valence-corrected chi connectivity index (χ3v) is 6.87. The number of carbonyl (C=O) groups excluding carboxylic acids is 2. The molecule has 184 valence electrons. The number of aromatic nitrogens is 1. The number of hydrogen-bond donors (Lipinski definition) is 2. The van der Waals surface area contributed by atoms with E-state index in [1.165, 1.54) is 12.8 Å². The molecule has 0 unspecified atom stereocenters. The number of ether oxygens (including phenoxy) is 1. The molecule has 1 aromatic rings. The Labute approximate surface area is 197 Å². The van der Waals surface area contributed by atoms with E-state index in [9.17, 15) is 14.4 Å². The fourth-order valence-electron chi connectivity index (χ4n) is 4.58. The van der Waals surface area contributed by atoms with Gasteiger partial charge in [0.25, 0.3) is 11.8 Å². The van der Waals surface area contributed by atoms with Crippen molar-refractivity contribution in [2.24, 2.45) is 0 Å². The van der Waals surface area contributed by atoms with Crippen LogP contribution < -0.4 is 16.1 Å². The van der Waals surface area contributed by atoms with Gasteiger partial charge in [-0.2, -0.15) is 0 Å². The van der Waals surface area contributed by atoms with E-state index >= 15 is 0 Å². The largest absolute Gasteiger partial charge is 0.379 e. The monoisotopic (exact) mass is 460 g/mol. The first-order valence-electron chi connectivity index (χ1n) is 12.4. The summed E-state index contributed by atoms with van der Waals surface area (Å²) in [6.07, 6.45) is 9.54. The second-order valence-electron chi connectivity index (χ2n) is 10.2. The predicted molar refractivity (Wildman–Crippen MR) is 129 cm³/mol. The Morgan fingerprint density at radius 1 is 1.03 bits per heavy atom. The number of rotatable bonds is 7. The molecule has 2 fully saturated rings. The van der Waals surface area contributed by atoms with Crippen LogP contribution in [-0.4, -0.2) is 65.7 Å². The first-order valence-corrected chi connectivity index (χ1v) is 12.4. The van der Waals surface area contributed by atoms with Crippen LogP contribution in [0.1, 0.15) is 93.0 Å². The van der Waals surface area contributed by atoms with Crippen LogP contribution in [0.3, 0.4) is 0 Å². The van der Waals surface area contributed by atoms with Crippen molar-refractivity contribution in [3.63, 3.8) is 0 Å². The van der Waals surface area contributed by atoms with Crippen molar-refractivity contribution >= 4 is 11.8 Å². The van der Waals surface area contributed by atoms with E-state index in [0.29, 0.717) is 19.8 Å². The summed E-state index contributed by atoms with van der Waals surface area (Å²) in [5.41, 5.74) is -0.743. The summed E-state index contributed by atoms with van der Waals surface area (Å²) >= 11 is 0. The molecule has 0 aromatic carbocycles. The van der Waals surface area contributed by atoms with Gasteiger partial charge in [0.05, 0.1) is 13.2 Å². The third kappa shape index (κ3) is 6.67. The average Bonchev–Trinajstić information content (AvgIpc) is 3.06. The van der Waals surface area contributed by atoms with Gasteiger partial charge in [-0.25, -0.2) is 0 Å². The summed E-state index contributed by atoms with van der Waals surface area (Å²) in [7, 11) is 0. The molecule has 8 nitrogen and oxygen atoms in total. The predicted octanol–water partition coefficient (Wildman–Crippen LogP) is 2.72. The highest BCUT2D eigenvalue weighted by Gasteiger charge is 2.29. The van der Waals surface area contributed by atoms with E-state index in [2.05, 4.69) is 29.4 Å². The van der Waals surface area contributed by atoms with Crippen LogP contribution >= 0.6 is 0 Å². The van der Waals surface area contributed by atoms with Crippen LogP contribution in [0, 0.1) is 0 Å². The van der Waals surface area contributed by atoms with Gasteiger partial charge in [-0.1, -0.05) is 25.7 Å². The van der Waals surface area contributed by atoms with Gasteiger partial charge >= 0.3 is 0 Å². The van der Waals surface area contributed by atoms with E-state index in [1.54, 1.807) is 17.0 Å². The lowest BCUT2D eigenvalue weighted by atomic mass is 10.0. The molecule has 1 aliphatic heterocycles. The standard InChI is InChI=1S/C25H40N4O4/c1-18(2)28-15-20(23(31)26-17-25(3,4)29-11-13-33-14-12-29)22(30)21(16-28)24(32)27-19-9-7-5-6-8-10-19/h15-16,18-19H,5-14,17H2,1-4H3,(H,26,31)(H,27,32). The van der Waals surface area contributed by atoms with Crippen LogP contribution in [0.2, 0.25) is 0 Å². The highest BCUT2D eigenvalue weighted by molar-refractivity contribution is 5.99. The maximum Gasteiger partial charge on any atom is 0.256 e. The number of nitrogens with one attached hydrogen (secondary N) is 2. The molecular weight excluding hydrogens is 420 g/mol. The molecule has 8 heteroatoms. The Bertz CT molecular complexity index is 879. The molecule has 2 heterocycles. The van der Waals surface area contributed by atoms with Gasteiger partial charge in [0.1, 0.15) is 11.1 Å². The lowest BCUT2D eigenvalue weighted by molar-refractivity contribution is -0.00923. The van der Waals surface area contributed by atoms with Crippen molar-refractivity contribution in [3.8, 4) is 0 Å². The van der Waals surface area contributed by atoms with E-state index in [4.69, 9.17) is 4.74 Å². The van der Waals surface area contributed by atoms with Crippen LogP contribution in [0.5, 0.6) is 0 Å². The molecule has 1 saturated heterocycles. The lowest BCUT2D eigenvalue weighted by Gasteiger charge is -2.40. The summed E-state index contributed by atoms with van der Waals surface area (Å²) in [6.45, 7) is 11.4. The number of pyridine rings is 1. The van der Waals surface area contributed by atoms with Gasteiger partial charge in [-0.05, 0) is 40.5 Å². The Morgan fingerprint density at radius 3 is 2.18 bits per heavy atom. The molecule has 2 amide bonds. The second-order valence-corrected chi connectivity index (χ2v) is 10.2. The summed E-state index contributed by atoms with van der Waals surface area (Å²) in [5.74, 6) is -0.829. The SMILES string of the molecule is CC(C)n1cc(C(=O)NCC(C)(C)N2CCOCC2)c(=O)c(C(=O)NC2CCCCCC2)c1. The molecule has 33 heavy (non-hydrogen) atoms. The number of amides is 2. The summed E-state index contributed by atoms with van der Waals surface area (Å²) < 4.78 is 7.20. The van der Waals surface area contributed by atoms with E-state index in [1.807, 2.05) is 13.8 Å². The van der Waals surface area contributed by atoms with Gasteiger partial charge in [-0.3, -0.25) is 19.3 Å². The molecule has 3 rings (SSSR count). The number of carbonyl (C=O) groups is 2. The van der Waals surface area contributed by atoms with E-state index in [0.717, 1.165) is 38.8 Å². The minimum absolute atomic E-state index is 0.00590. The quantitative estimate of drug-likeness (QED) is 0.611. The first-order chi connectivity index (χ1) is 15.7. The maximum absolute atomic E-state index is 13.2. The van der Waals surface area contributed by atoms with Crippen LogP contribution in [0.25, 0.3) is 0 Å². The van der Waals surface area contributed by atoms with Crippen molar-refractivity contribution in [2.75, 3.05) is 32.8 Å². The van der Waals surface area contributed by atoms with Crippen molar-refractivity contribution < 1.29 is 14.3 Å². The average molecular weight is 461 g/mol. The molecule has 1 aromatic heterocycles. The molecule has 0 atom stereocenters. The van der Waals surface area contributed by atoms with Crippen molar-refractivity contribution in [2.45, 2.75) is 83.8 Å². The highest BCUT2D eigenvalue weighted by atomic mass is 16.5. The Hall–Kier alpha value is -2.19. The van der Waals surface area contributed by atoms with Gasteiger partial charge < -0.3 is 19.9 Å². The number of hydrogen-bond acceptors (Lipinski definition) is 5. The van der Waals surface area contributed by atoms with Crippen LogP contribution in [0.4, 0.5) is 0 Å². The van der Waals surface area contributed by atoms with Crippen LogP contribution in [0.15, 0.2) is 17.2 Å². The minimum atomic E-state index is -0.514. The maximum atomic E-state index is 13.2. The Kier molecular flexibility index (Phi) is 8.70. The zero-order valence-electron chi connectivity index (χ0n) is 20.6. The van der Waals surface area contributed by atoms with Gasteiger partial charge in [-0.15, -0.1) is 0 Å². The lowest BCUT2D eigenvalue weighted by Crippen LogP contribution is -2.55. The number of nitrogens with zero attached hydrogens (tertiary/aromatic N) is 2. The zero-order chi connectivity index (χ0) is 24.0. The normalized spacial score (nSPS) is 18.7. The van der Waals surface area contributed by atoms with Crippen LogP contribution in [-0.2, 0) is 4.74 Å². The van der Waals surface area contributed by atoms with E-state index < -0.39 is 11.3 Å². The smallest absolute Gasteiger partial charge is 0.256 e. The van der Waals surface area contributed by atoms with Crippen molar-refractivity contribution in [1.82, 2.24) is 20.1 Å². The topological polar surface area (TPSA) is 92.7 Å².